The number of carbonyl (C=O) groups is 1. The molecule has 1 aromatic heterocycles. The molecule has 0 bridgehead atoms. The number of anilines is 1. The Morgan fingerprint density at radius 3 is 2.87 bits per heavy atom. The van der Waals surface area contributed by atoms with Gasteiger partial charge in [0.25, 0.3) is 0 Å². The van der Waals surface area contributed by atoms with Gasteiger partial charge in [-0.25, -0.2) is 0 Å². The Morgan fingerprint density at radius 1 is 1.35 bits per heavy atom. The van der Waals surface area contributed by atoms with Gasteiger partial charge in [0, 0.05) is 30.1 Å². The summed E-state index contributed by atoms with van der Waals surface area (Å²) in [6, 6.07) is 9.66. The molecule has 7 heteroatoms. The molecule has 7 nitrogen and oxygen atoms in total. The number of benzene rings is 1. The summed E-state index contributed by atoms with van der Waals surface area (Å²) in [6.45, 7) is 2.07. The zero-order valence-electron chi connectivity index (χ0n) is 12.7. The average Bonchev–Trinajstić information content (AvgIpc) is 2.52. The third kappa shape index (κ3) is 5.06. The fourth-order valence-corrected chi connectivity index (χ4v) is 1.99. The van der Waals surface area contributed by atoms with Crippen LogP contribution in [-0.4, -0.2) is 22.4 Å². The van der Waals surface area contributed by atoms with E-state index >= 15 is 0 Å². The number of carbonyl (C=O) groups excluding carboxylic acids is 1. The molecule has 0 saturated heterocycles. The second kappa shape index (κ2) is 7.88. The number of hydrogen-bond donors (Lipinski definition) is 1. The number of nitrogens with one attached hydrogen (secondary N) is 1. The lowest BCUT2D eigenvalue weighted by Gasteiger charge is -2.07. The van der Waals surface area contributed by atoms with E-state index < -0.39 is 4.92 Å². The van der Waals surface area contributed by atoms with E-state index in [4.69, 9.17) is 4.74 Å². The number of aromatic nitrogens is 1. The van der Waals surface area contributed by atoms with Gasteiger partial charge in [-0.2, -0.15) is 0 Å². The Balaban J connectivity index is 1.77. The van der Waals surface area contributed by atoms with E-state index in [1.54, 1.807) is 30.5 Å². The van der Waals surface area contributed by atoms with Gasteiger partial charge >= 0.3 is 5.69 Å². The molecule has 2 aromatic rings. The van der Waals surface area contributed by atoms with Gasteiger partial charge in [-0.3, -0.25) is 19.9 Å². The number of aryl methyl sites for hydroxylation is 1. The Labute approximate surface area is 133 Å². The average molecular weight is 315 g/mol. The second-order valence-corrected chi connectivity index (χ2v) is 4.91. The number of pyridine rings is 1. The van der Waals surface area contributed by atoms with Crippen molar-refractivity contribution in [3.05, 3.63) is 58.4 Å². The molecular formula is C16H17N3O4. The maximum Gasteiger partial charge on any atom is 0.310 e. The summed E-state index contributed by atoms with van der Waals surface area (Å²) in [6.07, 6.45) is 2.35. The third-order valence-electron chi connectivity index (χ3n) is 3.05. The van der Waals surface area contributed by atoms with Crippen molar-refractivity contribution in [2.24, 2.45) is 0 Å². The summed E-state index contributed by atoms with van der Waals surface area (Å²) in [7, 11) is 0. The van der Waals surface area contributed by atoms with Crippen molar-refractivity contribution >= 4 is 17.3 Å². The molecule has 1 heterocycles. The predicted molar refractivity (Wildman–Crippen MR) is 85.4 cm³/mol. The zero-order chi connectivity index (χ0) is 16.7. The lowest BCUT2D eigenvalue weighted by molar-refractivity contribution is -0.385. The van der Waals surface area contributed by atoms with Crippen LogP contribution in [0.1, 0.15) is 18.5 Å². The molecular weight excluding hydrogens is 298 g/mol. The number of nitro benzene ring substituents is 1. The molecule has 0 spiro atoms. The summed E-state index contributed by atoms with van der Waals surface area (Å²) in [5.41, 5.74) is 1.44. The molecule has 0 radical (unpaired) electrons. The van der Waals surface area contributed by atoms with E-state index in [-0.39, 0.29) is 30.4 Å². The fourth-order valence-electron chi connectivity index (χ4n) is 1.99. The number of nitrogens with zero attached hydrogens (tertiary/aromatic N) is 2. The summed E-state index contributed by atoms with van der Waals surface area (Å²) in [5.74, 6) is 0.0735. The van der Waals surface area contributed by atoms with Gasteiger partial charge in [-0.1, -0.05) is 12.1 Å². The van der Waals surface area contributed by atoms with Crippen LogP contribution in [0.3, 0.4) is 0 Å². The van der Waals surface area contributed by atoms with Crippen LogP contribution in [-0.2, 0) is 4.79 Å². The smallest absolute Gasteiger partial charge is 0.310 e. The summed E-state index contributed by atoms with van der Waals surface area (Å²) >= 11 is 0. The first-order valence-corrected chi connectivity index (χ1v) is 7.15. The van der Waals surface area contributed by atoms with Crippen molar-refractivity contribution in [3.8, 4) is 5.75 Å². The topological polar surface area (TPSA) is 94.4 Å². The van der Waals surface area contributed by atoms with E-state index in [9.17, 15) is 14.9 Å². The first kappa shape index (κ1) is 16.4. The van der Waals surface area contributed by atoms with E-state index in [0.29, 0.717) is 12.1 Å². The van der Waals surface area contributed by atoms with Crippen LogP contribution in [0, 0.1) is 17.0 Å². The van der Waals surface area contributed by atoms with E-state index in [1.165, 1.54) is 12.1 Å². The lowest BCUT2D eigenvalue weighted by atomic mass is 10.2. The number of para-hydroxylation sites is 2. The van der Waals surface area contributed by atoms with Crippen molar-refractivity contribution in [3.63, 3.8) is 0 Å². The minimum absolute atomic E-state index is 0.0794. The predicted octanol–water partition coefficient (Wildman–Crippen LogP) is 3.10. The van der Waals surface area contributed by atoms with Gasteiger partial charge in [0.15, 0.2) is 5.75 Å². The van der Waals surface area contributed by atoms with Crippen molar-refractivity contribution in [1.82, 2.24) is 4.98 Å². The first-order valence-electron chi connectivity index (χ1n) is 7.15. The number of nitro groups is 1. The van der Waals surface area contributed by atoms with E-state index in [2.05, 4.69) is 10.3 Å². The highest BCUT2D eigenvalue weighted by molar-refractivity contribution is 5.90. The highest BCUT2D eigenvalue weighted by Gasteiger charge is 2.13. The normalized spacial score (nSPS) is 10.1. The van der Waals surface area contributed by atoms with Crippen LogP contribution in [0.4, 0.5) is 11.4 Å². The minimum atomic E-state index is -0.492. The molecule has 0 aliphatic heterocycles. The van der Waals surface area contributed by atoms with E-state index in [1.807, 2.05) is 6.92 Å². The van der Waals surface area contributed by atoms with Crippen molar-refractivity contribution < 1.29 is 14.5 Å². The SMILES string of the molecule is Cc1cc(NC(=O)CCCOc2ccccc2[N+](=O)[O-])ccn1. The molecule has 120 valence electrons. The Morgan fingerprint density at radius 2 is 2.13 bits per heavy atom. The van der Waals surface area contributed by atoms with Crippen LogP contribution >= 0.6 is 0 Å². The summed E-state index contributed by atoms with van der Waals surface area (Å²) in [5, 5.41) is 13.6. The maximum atomic E-state index is 11.8. The molecule has 2 rings (SSSR count). The van der Waals surface area contributed by atoms with E-state index in [0.717, 1.165) is 5.69 Å². The highest BCUT2D eigenvalue weighted by Crippen LogP contribution is 2.25. The van der Waals surface area contributed by atoms with Crippen molar-refractivity contribution in [2.75, 3.05) is 11.9 Å². The van der Waals surface area contributed by atoms with Crippen LogP contribution in [0.15, 0.2) is 42.6 Å². The molecule has 0 aliphatic carbocycles. The van der Waals surface area contributed by atoms with Gasteiger partial charge in [0.2, 0.25) is 5.91 Å². The molecule has 0 fully saturated rings. The van der Waals surface area contributed by atoms with Crippen LogP contribution in [0.25, 0.3) is 0 Å². The number of hydrogen-bond acceptors (Lipinski definition) is 5. The maximum absolute atomic E-state index is 11.8. The van der Waals surface area contributed by atoms with Crippen molar-refractivity contribution in [1.29, 1.82) is 0 Å². The van der Waals surface area contributed by atoms with Crippen LogP contribution in [0.5, 0.6) is 5.75 Å². The monoisotopic (exact) mass is 315 g/mol. The van der Waals surface area contributed by atoms with Crippen molar-refractivity contribution in [2.45, 2.75) is 19.8 Å². The lowest BCUT2D eigenvalue weighted by Crippen LogP contribution is -2.13. The molecule has 23 heavy (non-hydrogen) atoms. The summed E-state index contributed by atoms with van der Waals surface area (Å²) in [4.78, 5) is 26.2. The Hall–Kier alpha value is -2.96. The van der Waals surface area contributed by atoms with Gasteiger partial charge in [0.1, 0.15) is 0 Å². The first-order chi connectivity index (χ1) is 11.1. The fraction of sp³-hybridized carbons (Fsp3) is 0.250. The molecule has 1 aromatic carbocycles. The van der Waals surface area contributed by atoms with Gasteiger partial charge in [-0.15, -0.1) is 0 Å². The van der Waals surface area contributed by atoms with Gasteiger partial charge in [0.05, 0.1) is 11.5 Å². The molecule has 0 atom stereocenters. The largest absolute Gasteiger partial charge is 0.487 e. The molecule has 0 unspecified atom stereocenters. The molecule has 1 amide bonds. The number of amides is 1. The standard InChI is InChI=1S/C16H17N3O4/c1-12-11-13(8-9-17-12)18-16(20)7-4-10-23-15-6-3-2-5-14(15)19(21)22/h2-3,5-6,8-9,11H,4,7,10H2,1H3,(H,17,18,20). The zero-order valence-corrected chi connectivity index (χ0v) is 12.7. The highest BCUT2D eigenvalue weighted by atomic mass is 16.6. The molecule has 0 saturated carbocycles. The molecule has 1 N–H and O–H groups in total. The van der Waals surface area contributed by atoms with Crippen LogP contribution < -0.4 is 10.1 Å². The number of rotatable bonds is 7. The van der Waals surface area contributed by atoms with Gasteiger partial charge < -0.3 is 10.1 Å². The third-order valence-corrected chi connectivity index (χ3v) is 3.05. The molecule has 0 aliphatic rings. The quantitative estimate of drug-likeness (QED) is 0.481. The second-order valence-electron chi connectivity index (χ2n) is 4.91. The summed E-state index contributed by atoms with van der Waals surface area (Å²) < 4.78 is 5.39. The Kier molecular flexibility index (Phi) is 5.62. The minimum Gasteiger partial charge on any atom is -0.487 e. The number of ether oxygens (including phenoxy) is 1. The Bertz CT molecular complexity index is 703. The van der Waals surface area contributed by atoms with Gasteiger partial charge in [-0.05, 0) is 31.5 Å². The van der Waals surface area contributed by atoms with Crippen LogP contribution in [0.2, 0.25) is 0 Å².